The van der Waals surface area contributed by atoms with Crippen LogP contribution < -0.4 is 0 Å². The van der Waals surface area contributed by atoms with Gasteiger partial charge in [0, 0.05) is 76.9 Å². The van der Waals surface area contributed by atoms with Crippen molar-refractivity contribution >= 4 is 10.8 Å². The minimum atomic E-state index is 1.02. The van der Waals surface area contributed by atoms with Gasteiger partial charge in [-0.2, -0.15) is 0 Å². The van der Waals surface area contributed by atoms with E-state index in [0.29, 0.717) is 0 Å². The lowest BCUT2D eigenvalue weighted by Crippen LogP contribution is -1.89. The molecule has 0 saturated carbocycles. The fourth-order valence-corrected chi connectivity index (χ4v) is 13.0. The summed E-state index contributed by atoms with van der Waals surface area (Å²) in [5.41, 5.74) is 32.0. The van der Waals surface area contributed by atoms with Gasteiger partial charge in [0.05, 0.1) is 22.8 Å². The standard InChI is InChI=1S/5C18H15N.C11H10.C5H6N2/c1-14-12-17(15-8-4-2-5-9-15)13-18(19-14)16-10-6-3-7-11-16;1-14-12-17(15-8-4-2-5-9-15)19-18(13-14)16-10-6-3-7-11-16;1-14-11-16(15-7-3-2-4-8-15)13-17(12-14)18-9-5-6-10-19-18;1-14-10-17(15-6-3-2-4-7-15)12-18(11-14)16-8-5-9-19-13-16;1-14-11-17(15-5-3-2-4-6-15)13-18(12-14)16-7-9-19-10-8-16;1-9-5-4-7-10-6-2-3-8-11(9)10;1-5-2-6-4-7-3-5/h5*2-13H,1H3;2-8H,1H3;2-4H,1H3. The molecule has 0 aliphatic heterocycles. The number of fused-ring (bicyclic) bond motifs is 1. The van der Waals surface area contributed by atoms with Gasteiger partial charge < -0.3 is 0 Å². The second kappa shape index (κ2) is 40.8. The lowest BCUT2D eigenvalue weighted by atomic mass is 9.97. The van der Waals surface area contributed by atoms with E-state index < -0.39 is 0 Å². The third kappa shape index (κ3) is 23.6. The fourth-order valence-electron chi connectivity index (χ4n) is 13.0. The fraction of sp³-hybridized carbons (Fsp3) is 0.0660. The number of rotatable bonds is 10. The second-order valence-electron chi connectivity index (χ2n) is 27.5. The van der Waals surface area contributed by atoms with Crippen molar-refractivity contribution in [2.45, 2.75) is 48.5 Å². The molecule has 18 rings (SSSR count). The predicted octanol–water partition coefficient (Wildman–Crippen LogP) is 27.6. The van der Waals surface area contributed by atoms with Gasteiger partial charge in [0.2, 0.25) is 0 Å². The lowest BCUT2D eigenvalue weighted by Gasteiger charge is -2.08. The number of aromatic nitrogens is 7. The van der Waals surface area contributed by atoms with Crippen molar-refractivity contribution < 1.29 is 0 Å². The molecule has 0 amide bonds. The second-order valence-corrected chi connectivity index (χ2v) is 27.5. The minimum absolute atomic E-state index is 1.02. The Morgan fingerprint density at radius 1 is 0.186 bits per heavy atom. The number of aryl methyl sites for hydroxylation is 7. The number of hydrogen-bond acceptors (Lipinski definition) is 7. The summed E-state index contributed by atoms with van der Waals surface area (Å²) >= 11 is 0. The van der Waals surface area contributed by atoms with E-state index in [1.54, 1.807) is 18.6 Å². The van der Waals surface area contributed by atoms with Crippen LogP contribution in [-0.4, -0.2) is 34.9 Å². The van der Waals surface area contributed by atoms with E-state index >= 15 is 0 Å². The largest absolute Gasteiger partial charge is 0.265 e. The molecule has 0 atom stereocenters. The quantitative estimate of drug-likeness (QED) is 0.135. The maximum Gasteiger partial charge on any atom is 0.115 e. The van der Waals surface area contributed by atoms with E-state index in [0.717, 1.165) is 56.3 Å². The summed E-state index contributed by atoms with van der Waals surface area (Å²) in [7, 11) is 0. The third-order valence-corrected chi connectivity index (χ3v) is 18.5. The molecule has 0 fully saturated rings. The molecule has 0 unspecified atom stereocenters. The Morgan fingerprint density at radius 2 is 0.549 bits per heavy atom. The Morgan fingerprint density at radius 3 is 0.965 bits per heavy atom. The molecule has 7 heteroatoms. The topological polar surface area (TPSA) is 90.2 Å². The molecule has 0 bridgehead atoms. The van der Waals surface area contributed by atoms with E-state index in [2.05, 4.69) is 325 Å². The van der Waals surface area contributed by atoms with Gasteiger partial charge >= 0.3 is 0 Å². The van der Waals surface area contributed by atoms with Crippen LogP contribution in [0.4, 0.5) is 0 Å². The summed E-state index contributed by atoms with van der Waals surface area (Å²) < 4.78 is 0. The van der Waals surface area contributed by atoms with Gasteiger partial charge in [-0.3, -0.25) is 19.9 Å². The maximum absolute atomic E-state index is 4.77. The molecule has 0 N–H and O–H groups in total. The molecule has 550 valence electrons. The molecule has 0 saturated heterocycles. The summed E-state index contributed by atoms with van der Waals surface area (Å²) in [6.45, 7) is 14.6. The van der Waals surface area contributed by atoms with Gasteiger partial charge in [0.25, 0.3) is 0 Å². The number of hydrogen-bond donors (Lipinski definition) is 0. The zero-order valence-corrected chi connectivity index (χ0v) is 65.0. The first-order valence-corrected chi connectivity index (χ1v) is 38.0. The van der Waals surface area contributed by atoms with Crippen molar-refractivity contribution in [3.8, 4) is 112 Å². The van der Waals surface area contributed by atoms with Crippen LogP contribution in [0.5, 0.6) is 0 Å². The zero-order chi connectivity index (χ0) is 78.2. The van der Waals surface area contributed by atoms with E-state index in [4.69, 9.17) is 4.98 Å². The molecule has 0 spiro atoms. The van der Waals surface area contributed by atoms with Gasteiger partial charge in [-0.15, -0.1) is 0 Å². The van der Waals surface area contributed by atoms with Gasteiger partial charge in [0.1, 0.15) is 6.33 Å². The predicted molar refractivity (Wildman–Crippen MR) is 475 cm³/mol. The van der Waals surface area contributed by atoms with E-state index in [1.807, 2.05) is 154 Å². The highest BCUT2D eigenvalue weighted by Crippen LogP contribution is 2.33. The van der Waals surface area contributed by atoms with E-state index in [1.165, 1.54) is 112 Å². The molecular weight excluding hydrogens is 1370 g/mol. The molecule has 0 aliphatic carbocycles. The van der Waals surface area contributed by atoms with Crippen molar-refractivity contribution in [3.63, 3.8) is 0 Å². The Balaban J connectivity index is 0.000000124. The molecular formula is C106H91N7. The molecule has 18 aromatic rings. The van der Waals surface area contributed by atoms with Gasteiger partial charge in [-0.05, 0) is 233 Å². The van der Waals surface area contributed by atoms with Crippen molar-refractivity contribution in [2.75, 3.05) is 0 Å². The average Bonchev–Trinajstić information content (AvgIpc) is 0.855. The Hall–Kier alpha value is -14.3. The molecule has 6 aromatic heterocycles. The summed E-state index contributed by atoms with van der Waals surface area (Å²) in [6.07, 6.45) is 14.3. The third-order valence-electron chi connectivity index (χ3n) is 18.5. The molecule has 12 aromatic carbocycles. The van der Waals surface area contributed by atoms with Crippen LogP contribution >= 0.6 is 0 Å². The number of pyridine rings is 5. The molecule has 7 nitrogen and oxygen atoms in total. The van der Waals surface area contributed by atoms with Gasteiger partial charge in [-0.1, -0.05) is 297 Å². The van der Waals surface area contributed by atoms with Crippen LogP contribution in [0.15, 0.2) is 426 Å². The van der Waals surface area contributed by atoms with Gasteiger partial charge in [0.15, 0.2) is 0 Å². The number of nitrogens with zero attached hydrogens (tertiary/aromatic N) is 7. The first-order chi connectivity index (χ1) is 55.4. The summed E-state index contributed by atoms with van der Waals surface area (Å²) in [5.74, 6) is 0. The Labute approximate surface area is 666 Å². The van der Waals surface area contributed by atoms with Crippen molar-refractivity contribution in [1.82, 2.24) is 34.9 Å². The highest BCUT2D eigenvalue weighted by atomic mass is 14.8. The summed E-state index contributed by atoms with van der Waals surface area (Å²) in [5, 5.41) is 2.68. The van der Waals surface area contributed by atoms with Crippen LogP contribution in [0.25, 0.3) is 123 Å². The molecule has 0 aliphatic rings. The first kappa shape index (κ1) is 78.3. The van der Waals surface area contributed by atoms with Crippen LogP contribution in [0.2, 0.25) is 0 Å². The SMILES string of the molecule is Cc1cc(-c2ccccc2)cc(-c2ccccc2)n1.Cc1cc(-c2ccccc2)cc(-c2ccccn2)c1.Cc1cc(-c2ccccc2)cc(-c2cccnc2)c1.Cc1cc(-c2ccccc2)cc(-c2ccncc2)c1.Cc1cc(-c2ccccc2)nc(-c2ccccc2)c1.Cc1cccc2ccccc12.Cc1cncnc1. The smallest absolute Gasteiger partial charge is 0.115 e. The molecule has 113 heavy (non-hydrogen) atoms. The van der Waals surface area contributed by atoms with Crippen LogP contribution in [0, 0.1) is 48.5 Å². The highest BCUT2D eigenvalue weighted by molar-refractivity contribution is 5.85. The first-order valence-electron chi connectivity index (χ1n) is 38.0. The van der Waals surface area contributed by atoms with Crippen LogP contribution in [-0.2, 0) is 0 Å². The van der Waals surface area contributed by atoms with Crippen LogP contribution in [0.3, 0.4) is 0 Å². The molecule has 0 radical (unpaired) electrons. The highest BCUT2D eigenvalue weighted by Gasteiger charge is 2.10. The average molecular weight is 1460 g/mol. The van der Waals surface area contributed by atoms with Crippen molar-refractivity contribution in [2.24, 2.45) is 0 Å². The van der Waals surface area contributed by atoms with Crippen molar-refractivity contribution in [1.29, 1.82) is 0 Å². The van der Waals surface area contributed by atoms with E-state index in [9.17, 15) is 0 Å². The zero-order valence-electron chi connectivity index (χ0n) is 65.0. The monoisotopic (exact) mass is 1460 g/mol. The van der Waals surface area contributed by atoms with Gasteiger partial charge in [-0.25, -0.2) is 15.0 Å². The maximum atomic E-state index is 4.77. The lowest BCUT2D eigenvalue weighted by molar-refractivity contribution is 1.13. The van der Waals surface area contributed by atoms with Crippen LogP contribution in [0.1, 0.15) is 39.1 Å². The van der Waals surface area contributed by atoms with E-state index in [-0.39, 0.29) is 0 Å². The van der Waals surface area contributed by atoms with Crippen molar-refractivity contribution in [3.05, 3.63) is 465 Å². The summed E-state index contributed by atoms with van der Waals surface area (Å²) in [6, 6.07) is 130. The normalized spacial score (nSPS) is 10.3. The minimum Gasteiger partial charge on any atom is -0.265 e. The Bertz CT molecular complexity index is 4870. The number of benzene rings is 12. The summed E-state index contributed by atoms with van der Waals surface area (Å²) in [4.78, 5) is 29.6. The Kier molecular flexibility index (Phi) is 28.3. The molecule has 6 heterocycles.